The molecule has 2 aromatic heterocycles. The van der Waals surface area contributed by atoms with Crippen LogP contribution in [0, 0.1) is 6.92 Å². The SMILES string of the molecule is CCCCCCCC[S+]([O-])C(C)Cc1ccc2c(c1)OCO2.Cc1nnc(SCC2=C(C(=O)O)N3C(=O)[C@@H](NC(=O)Cn4cnnn4)[C@H]3SC2)s1. The zero-order valence-electron chi connectivity index (χ0n) is 28.7. The smallest absolute Gasteiger partial charge is 0.352 e. The number of carboxylic acids is 1. The summed E-state index contributed by atoms with van der Waals surface area (Å²) < 4.78 is 25.0. The van der Waals surface area contributed by atoms with Gasteiger partial charge < -0.3 is 24.4 Å². The summed E-state index contributed by atoms with van der Waals surface area (Å²) in [6.07, 6.45) is 9.61. The van der Waals surface area contributed by atoms with Gasteiger partial charge in [-0.2, -0.15) is 0 Å². The average Bonchev–Trinajstić information content (AvgIpc) is 3.90. The van der Waals surface area contributed by atoms with Crippen LogP contribution < -0.4 is 14.8 Å². The average molecular weight is 779 g/mol. The Morgan fingerprint density at radius 2 is 1.96 bits per heavy atom. The number of aromatic nitrogens is 6. The number of benzene rings is 1. The Balaban J connectivity index is 0.000000206. The van der Waals surface area contributed by atoms with Gasteiger partial charge in [-0.3, -0.25) is 14.5 Å². The highest BCUT2D eigenvalue weighted by atomic mass is 32.2. The van der Waals surface area contributed by atoms with E-state index in [4.69, 9.17) is 9.47 Å². The Bertz CT molecular complexity index is 1670. The fourth-order valence-electron chi connectivity index (χ4n) is 5.62. The summed E-state index contributed by atoms with van der Waals surface area (Å²) in [7, 11) is 0. The van der Waals surface area contributed by atoms with Crippen LogP contribution in [-0.4, -0.2) is 103 Å². The maximum absolute atomic E-state index is 12.6. The third-order valence-electron chi connectivity index (χ3n) is 8.25. The highest BCUT2D eigenvalue weighted by Gasteiger charge is 2.54. The Kier molecular flexibility index (Phi) is 14.4. The fraction of sp³-hybridized carbons (Fsp3) is 0.562. The van der Waals surface area contributed by atoms with Gasteiger partial charge >= 0.3 is 5.97 Å². The van der Waals surface area contributed by atoms with Gasteiger partial charge in [0.2, 0.25) is 12.7 Å². The number of carbonyl (C=O) groups excluding carboxylic acids is 2. The van der Waals surface area contributed by atoms with E-state index in [1.54, 1.807) is 0 Å². The van der Waals surface area contributed by atoms with Crippen LogP contribution in [0.3, 0.4) is 0 Å². The molecule has 3 aliphatic heterocycles. The Hall–Kier alpha value is -3.39. The lowest BCUT2D eigenvalue weighted by atomic mass is 10.0. The second-order valence-electron chi connectivity index (χ2n) is 12.2. The summed E-state index contributed by atoms with van der Waals surface area (Å²) in [4.78, 5) is 37.8. The number of nitrogens with zero attached hydrogens (tertiary/aromatic N) is 7. The molecule has 2 amide bonds. The number of carbonyl (C=O) groups is 3. The van der Waals surface area contributed by atoms with E-state index in [9.17, 15) is 24.0 Å². The second kappa shape index (κ2) is 18.9. The minimum absolute atomic E-state index is 0.0153. The topological polar surface area (TPSA) is 198 Å². The van der Waals surface area contributed by atoms with Gasteiger partial charge in [0.1, 0.15) is 46.0 Å². The summed E-state index contributed by atoms with van der Waals surface area (Å²) in [5.41, 5.74) is 1.80. The Morgan fingerprint density at radius 3 is 2.69 bits per heavy atom. The van der Waals surface area contributed by atoms with Gasteiger partial charge in [-0.25, -0.2) is 9.48 Å². The van der Waals surface area contributed by atoms with Crippen LogP contribution in [-0.2, 0) is 38.5 Å². The first-order chi connectivity index (χ1) is 24.6. The van der Waals surface area contributed by atoms with Crippen LogP contribution >= 0.6 is 34.9 Å². The number of fused-ring (bicyclic) bond motifs is 2. The van der Waals surface area contributed by atoms with Gasteiger partial charge in [0.15, 0.2) is 15.8 Å². The van der Waals surface area contributed by atoms with Crippen LogP contribution in [0.25, 0.3) is 0 Å². The minimum atomic E-state index is -1.16. The molecule has 3 aromatic rings. The van der Waals surface area contributed by atoms with E-state index >= 15 is 0 Å². The Morgan fingerprint density at radius 1 is 1.18 bits per heavy atom. The molecule has 2 unspecified atom stereocenters. The van der Waals surface area contributed by atoms with Crippen molar-refractivity contribution in [2.24, 2.45) is 0 Å². The van der Waals surface area contributed by atoms with E-state index in [-0.39, 0.29) is 17.5 Å². The number of unbranched alkanes of at least 4 members (excludes halogenated alkanes) is 5. The first-order valence-electron chi connectivity index (χ1n) is 16.7. The number of aliphatic carboxylic acids is 1. The van der Waals surface area contributed by atoms with Crippen LogP contribution in [0.1, 0.15) is 62.9 Å². The molecule has 6 rings (SSSR count). The molecule has 0 bridgehead atoms. The predicted octanol–water partition coefficient (Wildman–Crippen LogP) is 3.82. The quantitative estimate of drug-likeness (QED) is 0.0868. The largest absolute Gasteiger partial charge is 0.616 e. The zero-order valence-corrected chi connectivity index (χ0v) is 32.0. The summed E-state index contributed by atoms with van der Waals surface area (Å²) in [6, 6.07) is 5.23. The highest BCUT2D eigenvalue weighted by molar-refractivity contribution is 8.01. The monoisotopic (exact) mass is 778 g/mol. The number of aryl methyl sites for hydroxylation is 1. The van der Waals surface area contributed by atoms with E-state index in [1.165, 1.54) is 88.4 Å². The molecule has 0 saturated carbocycles. The second-order valence-corrected chi connectivity index (χ2v) is 17.6. The van der Waals surface area contributed by atoms with Crippen molar-refractivity contribution < 1.29 is 33.5 Å². The zero-order chi connectivity index (χ0) is 36.3. The molecule has 0 aliphatic carbocycles. The molecule has 4 atom stereocenters. The maximum Gasteiger partial charge on any atom is 0.352 e. The normalized spacial score (nSPS) is 18.7. The number of thioether (sulfide) groups is 2. The highest BCUT2D eigenvalue weighted by Crippen LogP contribution is 2.42. The van der Waals surface area contributed by atoms with E-state index in [2.05, 4.69) is 44.9 Å². The van der Waals surface area contributed by atoms with Crippen LogP contribution in [0.5, 0.6) is 11.5 Å². The van der Waals surface area contributed by atoms with Crippen molar-refractivity contribution in [1.82, 2.24) is 40.6 Å². The van der Waals surface area contributed by atoms with Crippen LogP contribution in [0.4, 0.5) is 0 Å². The van der Waals surface area contributed by atoms with E-state index in [0.717, 1.165) is 39.4 Å². The molecule has 1 saturated heterocycles. The van der Waals surface area contributed by atoms with Gasteiger partial charge in [-0.05, 0) is 60.4 Å². The molecule has 51 heavy (non-hydrogen) atoms. The first kappa shape index (κ1) is 38.8. The van der Waals surface area contributed by atoms with Gasteiger partial charge in [0.05, 0.1) is 0 Å². The van der Waals surface area contributed by atoms with E-state index in [1.807, 2.05) is 25.1 Å². The first-order valence-corrected chi connectivity index (χ1v) is 21.0. The van der Waals surface area contributed by atoms with Crippen molar-refractivity contribution in [2.75, 3.05) is 24.1 Å². The van der Waals surface area contributed by atoms with Gasteiger partial charge in [0.25, 0.3) is 5.91 Å². The number of β-lactam (4-membered cyclic amide) rings is 1. The lowest BCUT2D eigenvalue weighted by Gasteiger charge is -2.49. The molecule has 2 N–H and O–H groups in total. The van der Waals surface area contributed by atoms with Gasteiger partial charge in [-0.1, -0.05) is 72.9 Å². The lowest BCUT2D eigenvalue weighted by Crippen LogP contribution is -2.70. The molecule has 0 radical (unpaired) electrons. The molecule has 1 fully saturated rings. The van der Waals surface area contributed by atoms with Crippen molar-refractivity contribution in [1.29, 1.82) is 0 Å². The lowest BCUT2D eigenvalue weighted by molar-refractivity contribution is -0.150. The van der Waals surface area contributed by atoms with Gasteiger partial charge in [-0.15, -0.1) is 27.1 Å². The molecule has 5 heterocycles. The summed E-state index contributed by atoms with van der Waals surface area (Å²) in [5.74, 6) is 1.26. The summed E-state index contributed by atoms with van der Waals surface area (Å²) in [5, 5.41) is 31.3. The third-order valence-corrected chi connectivity index (χ3v) is 13.4. The fourth-order valence-corrected chi connectivity index (χ4v) is 10.2. The van der Waals surface area contributed by atoms with Crippen molar-refractivity contribution in [2.45, 2.75) is 93.3 Å². The van der Waals surface area contributed by atoms with Crippen LogP contribution in [0.2, 0.25) is 0 Å². The van der Waals surface area contributed by atoms with Crippen molar-refractivity contribution in [3.63, 3.8) is 0 Å². The number of ether oxygens (including phenoxy) is 2. The molecule has 3 aliphatic rings. The molecule has 0 spiro atoms. The Labute approximate surface area is 311 Å². The molecule has 1 aromatic carbocycles. The number of hydrogen-bond donors (Lipinski definition) is 2. The summed E-state index contributed by atoms with van der Waals surface area (Å²) in [6.45, 7) is 6.33. The number of tetrazole rings is 1. The number of amides is 2. The number of rotatable bonds is 17. The van der Waals surface area contributed by atoms with Crippen molar-refractivity contribution in [3.05, 3.63) is 46.4 Å². The number of hydrogen-bond acceptors (Lipinski definition) is 14. The summed E-state index contributed by atoms with van der Waals surface area (Å²) >= 11 is 3.50. The molecule has 19 heteroatoms. The van der Waals surface area contributed by atoms with E-state index < -0.39 is 40.4 Å². The maximum atomic E-state index is 12.6. The standard InChI is InChI=1S/C18H28O3S.C14H14N8O4S3/c1-3-4-5-6-7-8-11-22(19)15(2)12-16-9-10-17-18(13-16)21-14-20-17;1-6-17-18-14(29-6)28-4-7-3-27-12-9(11(24)22(12)10(7)13(25)26)16-8(23)2-21-5-15-19-20-21/h9-10,13,15H,3-8,11-12,14H2,1-2H3;5,9,12H,2-4H2,1H3,(H,16,23)(H,25,26)/t;9-,12-/m.1/s1. The van der Waals surface area contributed by atoms with Crippen LogP contribution in [0.15, 0.2) is 40.1 Å². The van der Waals surface area contributed by atoms with Crippen molar-refractivity contribution in [3.8, 4) is 11.5 Å². The molecular weight excluding hydrogens is 737 g/mol. The number of nitrogens with one attached hydrogen (secondary N) is 1. The molecule has 276 valence electrons. The predicted molar refractivity (Wildman–Crippen MR) is 195 cm³/mol. The van der Waals surface area contributed by atoms with Crippen molar-refractivity contribution >= 4 is 63.8 Å². The number of carboxylic acid groups (broad SMARTS) is 1. The molecular formula is C32H42N8O7S4. The van der Waals surface area contributed by atoms with Gasteiger partial charge in [0, 0.05) is 17.9 Å². The molecule has 15 nitrogen and oxygen atoms in total. The third kappa shape index (κ3) is 10.6. The minimum Gasteiger partial charge on any atom is -0.616 e. The van der Waals surface area contributed by atoms with E-state index in [0.29, 0.717) is 23.9 Å².